The van der Waals surface area contributed by atoms with Crippen molar-refractivity contribution >= 4 is 22.4 Å². The predicted octanol–water partition coefficient (Wildman–Crippen LogP) is 2.66. The molecule has 0 spiro atoms. The average Bonchev–Trinajstić information content (AvgIpc) is 1.85. The molecule has 0 aromatic heterocycles. The van der Waals surface area contributed by atoms with E-state index in [1.807, 2.05) is 0 Å². The van der Waals surface area contributed by atoms with Crippen LogP contribution in [0.3, 0.4) is 0 Å². The van der Waals surface area contributed by atoms with E-state index in [1.165, 1.54) is 0 Å². The van der Waals surface area contributed by atoms with Gasteiger partial charge in [0.25, 0.3) is 0 Å². The van der Waals surface area contributed by atoms with Crippen molar-refractivity contribution < 1.29 is 4.21 Å². The lowest BCUT2D eigenvalue weighted by molar-refractivity contribution is 0.259. The quantitative estimate of drug-likeness (QED) is 0.653. The Morgan fingerprint density at radius 1 is 1.42 bits per heavy atom. The molecule has 0 saturated carbocycles. The fraction of sp³-hybridized carbons (Fsp3) is 1.00. The molecule has 0 saturated heterocycles. The first-order chi connectivity index (χ1) is 5.38. The molecule has 0 aliphatic heterocycles. The first kappa shape index (κ1) is 12.4. The van der Waals surface area contributed by atoms with Gasteiger partial charge in [-0.3, -0.25) is 4.21 Å². The second kappa shape index (κ2) is 5.23. The van der Waals surface area contributed by atoms with Gasteiger partial charge < -0.3 is 0 Å². The van der Waals surface area contributed by atoms with E-state index in [-0.39, 0.29) is 5.41 Å². The van der Waals surface area contributed by atoms with E-state index < -0.39 is 10.8 Å². The van der Waals surface area contributed by atoms with Gasteiger partial charge in [0, 0.05) is 28.7 Å². The van der Waals surface area contributed by atoms with Gasteiger partial charge in [-0.1, -0.05) is 20.8 Å². The maximum Gasteiger partial charge on any atom is 0.0257 e. The molecule has 0 aromatic rings. The van der Waals surface area contributed by atoms with Gasteiger partial charge in [-0.2, -0.15) is 0 Å². The van der Waals surface area contributed by atoms with Crippen molar-refractivity contribution in [1.82, 2.24) is 0 Å². The Bertz CT molecular complexity index is 151. The molecule has 3 heteroatoms. The van der Waals surface area contributed by atoms with Crippen LogP contribution >= 0.6 is 11.6 Å². The number of halogens is 1. The summed E-state index contributed by atoms with van der Waals surface area (Å²) in [5.74, 6) is 1.91. The smallest absolute Gasteiger partial charge is 0.0257 e. The highest BCUT2D eigenvalue weighted by Gasteiger charge is 2.23. The van der Waals surface area contributed by atoms with Gasteiger partial charge >= 0.3 is 0 Å². The molecule has 0 rings (SSSR count). The number of hydrogen-bond acceptors (Lipinski definition) is 1. The van der Waals surface area contributed by atoms with Crippen LogP contribution in [0, 0.1) is 11.3 Å². The van der Waals surface area contributed by atoms with E-state index in [4.69, 9.17) is 11.6 Å². The van der Waals surface area contributed by atoms with Gasteiger partial charge in [0.05, 0.1) is 0 Å². The van der Waals surface area contributed by atoms with Crippen molar-refractivity contribution in [2.24, 2.45) is 11.3 Å². The van der Waals surface area contributed by atoms with Gasteiger partial charge in [0.1, 0.15) is 0 Å². The third-order valence-electron chi connectivity index (χ3n) is 2.16. The second-order valence-corrected chi connectivity index (χ2v) is 6.15. The Balaban J connectivity index is 3.92. The zero-order chi connectivity index (χ0) is 9.78. The van der Waals surface area contributed by atoms with Crippen molar-refractivity contribution in [2.75, 3.05) is 17.9 Å². The molecular formula is C9H19ClOS. The summed E-state index contributed by atoms with van der Waals surface area (Å²) < 4.78 is 10.9. The molecule has 0 heterocycles. The minimum Gasteiger partial charge on any atom is -0.260 e. The van der Waals surface area contributed by atoms with Crippen molar-refractivity contribution in [3.8, 4) is 0 Å². The van der Waals surface area contributed by atoms with Crippen molar-refractivity contribution in [3.05, 3.63) is 0 Å². The summed E-state index contributed by atoms with van der Waals surface area (Å²) in [5, 5.41) is 0. The highest BCUT2D eigenvalue weighted by molar-refractivity contribution is 7.84. The van der Waals surface area contributed by atoms with Crippen LogP contribution in [0.4, 0.5) is 0 Å². The maximum atomic E-state index is 10.9. The van der Waals surface area contributed by atoms with Crippen LogP contribution in [0.1, 0.15) is 27.2 Å². The van der Waals surface area contributed by atoms with E-state index >= 15 is 0 Å². The summed E-state index contributed by atoms with van der Waals surface area (Å²) in [6.07, 6.45) is 2.71. The van der Waals surface area contributed by atoms with E-state index in [1.54, 1.807) is 6.26 Å². The maximum absolute atomic E-state index is 10.9. The lowest BCUT2D eigenvalue weighted by atomic mass is 9.80. The molecule has 1 nitrogen and oxygen atoms in total. The van der Waals surface area contributed by atoms with Crippen molar-refractivity contribution in [2.45, 2.75) is 27.2 Å². The molecule has 0 N–H and O–H groups in total. The topological polar surface area (TPSA) is 17.1 Å². The summed E-state index contributed by atoms with van der Waals surface area (Å²) in [6.45, 7) is 6.54. The van der Waals surface area contributed by atoms with Gasteiger partial charge in [0.15, 0.2) is 0 Å². The summed E-state index contributed by atoms with van der Waals surface area (Å²) in [6, 6.07) is 0. The first-order valence-electron chi connectivity index (χ1n) is 4.24. The van der Waals surface area contributed by atoms with Crippen LogP contribution in [0.2, 0.25) is 0 Å². The molecule has 2 atom stereocenters. The van der Waals surface area contributed by atoms with Crippen LogP contribution in [-0.4, -0.2) is 22.1 Å². The summed E-state index contributed by atoms with van der Waals surface area (Å²) in [4.78, 5) is 0. The number of rotatable bonds is 4. The minimum absolute atomic E-state index is 0.237. The summed E-state index contributed by atoms with van der Waals surface area (Å²) in [7, 11) is -0.681. The Hall–Kier alpha value is 0.440. The van der Waals surface area contributed by atoms with Gasteiger partial charge in [-0.25, -0.2) is 0 Å². The van der Waals surface area contributed by atoms with Crippen LogP contribution < -0.4 is 0 Å². The zero-order valence-electron chi connectivity index (χ0n) is 8.39. The van der Waals surface area contributed by atoms with E-state index in [0.29, 0.717) is 11.8 Å². The Morgan fingerprint density at radius 2 is 1.92 bits per heavy atom. The second-order valence-electron chi connectivity index (χ2n) is 4.28. The Kier molecular flexibility index (Phi) is 5.42. The van der Waals surface area contributed by atoms with Crippen LogP contribution in [0.5, 0.6) is 0 Å². The molecule has 0 bridgehead atoms. The third-order valence-corrected chi connectivity index (χ3v) is 3.35. The fourth-order valence-corrected chi connectivity index (χ4v) is 2.28. The molecule has 12 heavy (non-hydrogen) atoms. The van der Waals surface area contributed by atoms with Crippen molar-refractivity contribution in [3.63, 3.8) is 0 Å². The minimum atomic E-state index is -0.681. The molecular weight excluding hydrogens is 192 g/mol. The zero-order valence-corrected chi connectivity index (χ0v) is 9.97. The third kappa shape index (κ3) is 5.15. The largest absolute Gasteiger partial charge is 0.260 e. The van der Waals surface area contributed by atoms with Gasteiger partial charge in [0.2, 0.25) is 0 Å². The van der Waals surface area contributed by atoms with E-state index in [2.05, 4.69) is 20.8 Å². The number of hydrogen-bond donors (Lipinski definition) is 0. The van der Waals surface area contributed by atoms with Crippen LogP contribution in [0.15, 0.2) is 0 Å². The molecule has 2 unspecified atom stereocenters. The molecule has 0 aromatic carbocycles. The summed E-state index contributed by atoms with van der Waals surface area (Å²) >= 11 is 5.84. The van der Waals surface area contributed by atoms with Crippen LogP contribution in [-0.2, 0) is 10.8 Å². The Morgan fingerprint density at radius 3 is 2.17 bits per heavy atom. The highest BCUT2D eigenvalue weighted by atomic mass is 35.5. The summed E-state index contributed by atoms with van der Waals surface area (Å²) in [5.41, 5.74) is 0.237. The monoisotopic (exact) mass is 210 g/mol. The van der Waals surface area contributed by atoms with Gasteiger partial charge in [-0.15, -0.1) is 11.6 Å². The normalized spacial score (nSPS) is 17.4. The van der Waals surface area contributed by atoms with Gasteiger partial charge in [-0.05, 0) is 17.8 Å². The fourth-order valence-electron chi connectivity index (χ4n) is 1.05. The molecule has 0 aliphatic rings. The molecule has 0 aliphatic carbocycles. The van der Waals surface area contributed by atoms with E-state index in [0.717, 1.165) is 12.2 Å². The van der Waals surface area contributed by atoms with E-state index in [9.17, 15) is 4.21 Å². The molecule has 0 fully saturated rings. The lowest BCUT2D eigenvalue weighted by Gasteiger charge is -2.28. The lowest BCUT2D eigenvalue weighted by Crippen LogP contribution is -2.23. The molecule has 0 radical (unpaired) electrons. The van der Waals surface area contributed by atoms with Crippen LogP contribution in [0.25, 0.3) is 0 Å². The predicted molar refractivity (Wildman–Crippen MR) is 57.2 cm³/mol. The first-order valence-corrected chi connectivity index (χ1v) is 6.50. The molecule has 0 amide bonds. The molecule has 74 valence electrons. The average molecular weight is 211 g/mol. The number of alkyl halides is 1. The highest BCUT2D eigenvalue weighted by Crippen LogP contribution is 2.29. The Labute approximate surface area is 83.3 Å². The SMILES string of the molecule is CS(=O)CCC(CCl)C(C)(C)C. The van der Waals surface area contributed by atoms with Crippen molar-refractivity contribution in [1.29, 1.82) is 0 Å². The standard InChI is InChI=1S/C9H19ClOS/c1-9(2,3)8(7-10)5-6-12(4)11/h8H,5-7H2,1-4H3.